The van der Waals surface area contributed by atoms with Crippen LogP contribution < -0.4 is 0 Å². The van der Waals surface area contributed by atoms with E-state index in [1.54, 1.807) is 0 Å². The van der Waals surface area contributed by atoms with Crippen molar-refractivity contribution in [2.75, 3.05) is 0 Å². The quantitative estimate of drug-likeness (QED) is 0.185. The SMILES string of the molecule is C1=Cc2c(ccc3cc(-c4nc(-c5ccccc5)nc(-c5ccc(-c6cc(-c7ccccc7)cc7oc8ccccc8c67)cc5)n4)ccc23)CC1. The van der Waals surface area contributed by atoms with Crippen LogP contribution in [0.2, 0.25) is 0 Å². The van der Waals surface area contributed by atoms with E-state index in [0.717, 1.165) is 73.7 Å². The molecule has 0 atom stereocenters. The molecule has 1 aliphatic rings. The fourth-order valence-electron chi connectivity index (χ4n) is 7.42. The molecule has 0 saturated heterocycles. The van der Waals surface area contributed by atoms with Crippen LogP contribution in [0.4, 0.5) is 0 Å². The second kappa shape index (κ2) is 12.0. The minimum absolute atomic E-state index is 0.635. The minimum atomic E-state index is 0.635. The monoisotopic (exact) mass is 653 g/mol. The molecule has 0 amide bonds. The van der Waals surface area contributed by atoms with E-state index in [1.165, 1.54) is 21.9 Å². The van der Waals surface area contributed by atoms with Gasteiger partial charge in [-0.15, -0.1) is 0 Å². The first-order valence-corrected chi connectivity index (χ1v) is 17.4. The molecule has 0 bridgehead atoms. The molecule has 2 heterocycles. The predicted octanol–water partition coefficient (Wildman–Crippen LogP) is 12.2. The zero-order chi connectivity index (χ0) is 33.7. The summed E-state index contributed by atoms with van der Waals surface area (Å²) in [5.41, 5.74) is 11.8. The second-order valence-electron chi connectivity index (χ2n) is 13.1. The molecule has 0 aliphatic heterocycles. The van der Waals surface area contributed by atoms with E-state index in [0.29, 0.717) is 17.5 Å². The molecular formula is C47H31N3O. The van der Waals surface area contributed by atoms with Gasteiger partial charge in [0, 0.05) is 27.5 Å². The van der Waals surface area contributed by atoms with Crippen LogP contribution in [-0.2, 0) is 6.42 Å². The third-order valence-electron chi connectivity index (χ3n) is 9.98. The van der Waals surface area contributed by atoms with Gasteiger partial charge in [-0.1, -0.05) is 140 Å². The Morgan fingerprint density at radius 3 is 1.88 bits per heavy atom. The van der Waals surface area contributed by atoms with Crippen molar-refractivity contribution in [3.63, 3.8) is 0 Å². The van der Waals surface area contributed by atoms with Crippen molar-refractivity contribution in [1.29, 1.82) is 0 Å². The Labute approximate surface area is 295 Å². The number of rotatable bonds is 5. The van der Waals surface area contributed by atoms with Gasteiger partial charge in [-0.25, -0.2) is 15.0 Å². The van der Waals surface area contributed by atoms with Gasteiger partial charge in [0.25, 0.3) is 0 Å². The first-order valence-electron chi connectivity index (χ1n) is 17.4. The normalized spacial score (nSPS) is 12.5. The van der Waals surface area contributed by atoms with Crippen molar-refractivity contribution >= 4 is 38.8 Å². The zero-order valence-corrected chi connectivity index (χ0v) is 27.8. The molecule has 4 heteroatoms. The molecule has 0 unspecified atom stereocenters. The van der Waals surface area contributed by atoms with Crippen LogP contribution in [0.1, 0.15) is 17.5 Å². The van der Waals surface area contributed by atoms with Crippen molar-refractivity contribution in [2.45, 2.75) is 12.8 Å². The van der Waals surface area contributed by atoms with E-state index in [4.69, 9.17) is 19.4 Å². The molecular weight excluding hydrogens is 623 g/mol. The Morgan fingerprint density at radius 2 is 1.10 bits per heavy atom. The van der Waals surface area contributed by atoms with Gasteiger partial charge in [-0.05, 0) is 81.3 Å². The van der Waals surface area contributed by atoms with Gasteiger partial charge in [0.2, 0.25) is 0 Å². The number of hydrogen-bond acceptors (Lipinski definition) is 4. The molecule has 0 saturated carbocycles. The fraction of sp³-hybridized carbons (Fsp3) is 0.0426. The Morgan fingerprint density at radius 1 is 0.451 bits per heavy atom. The molecule has 4 nitrogen and oxygen atoms in total. The number of para-hydroxylation sites is 1. The molecule has 9 aromatic rings. The molecule has 0 radical (unpaired) electrons. The van der Waals surface area contributed by atoms with Gasteiger partial charge in [0.1, 0.15) is 11.2 Å². The fourth-order valence-corrected chi connectivity index (χ4v) is 7.42. The van der Waals surface area contributed by atoms with E-state index in [1.807, 2.05) is 48.5 Å². The number of allylic oxidation sites excluding steroid dienone is 1. The smallest absolute Gasteiger partial charge is 0.164 e. The van der Waals surface area contributed by atoms with Gasteiger partial charge in [0.05, 0.1) is 0 Å². The summed E-state index contributed by atoms with van der Waals surface area (Å²) in [6, 6.07) is 52.9. The molecule has 0 spiro atoms. The van der Waals surface area contributed by atoms with Crippen LogP contribution in [-0.4, -0.2) is 15.0 Å². The summed E-state index contributed by atoms with van der Waals surface area (Å²) >= 11 is 0. The van der Waals surface area contributed by atoms with Crippen molar-refractivity contribution in [1.82, 2.24) is 15.0 Å². The molecule has 10 rings (SSSR count). The Hall–Kier alpha value is -6.65. The van der Waals surface area contributed by atoms with E-state index in [2.05, 4.69) is 115 Å². The Bertz CT molecular complexity index is 2780. The van der Waals surface area contributed by atoms with E-state index < -0.39 is 0 Å². The third kappa shape index (κ3) is 5.20. The molecule has 240 valence electrons. The van der Waals surface area contributed by atoms with E-state index >= 15 is 0 Å². The second-order valence-corrected chi connectivity index (χ2v) is 13.1. The highest BCUT2D eigenvalue weighted by Gasteiger charge is 2.17. The summed E-state index contributed by atoms with van der Waals surface area (Å²) in [7, 11) is 0. The van der Waals surface area contributed by atoms with Crippen LogP contribution >= 0.6 is 0 Å². The summed E-state index contributed by atoms with van der Waals surface area (Å²) in [6.07, 6.45) is 6.71. The number of fused-ring (bicyclic) bond motifs is 6. The third-order valence-corrected chi connectivity index (χ3v) is 9.98. The topological polar surface area (TPSA) is 51.8 Å². The van der Waals surface area contributed by atoms with E-state index in [-0.39, 0.29) is 0 Å². The lowest BCUT2D eigenvalue weighted by Gasteiger charge is -2.14. The highest BCUT2D eigenvalue weighted by Crippen LogP contribution is 2.40. The Kier molecular flexibility index (Phi) is 6.91. The molecule has 1 aliphatic carbocycles. The Balaban J connectivity index is 1.10. The van der Waals surface area contributed by atoms with Gasteiger partial charge in [0.15, 0.2) is 17.5 Å². The summed E-state index contributed by atoms with van der Waals surface area (Å²) in [4.78, 5) is 15.1. The number of hydrogen-bond donors (Lipinski definition) is 0. The van der Waals surface area contributed by atoms with Crippen LogP contribution in [0.5, 0.6) is 0 Å². The average Bonchev–Trinajstić information content (AvgIpc) is 3.59. The van der Waals surface area contributed by atoms with Crippen molar-refractivity contribution in [3.8, 4) is 56.4 Å². The van der Waals surface area contributed by atoms with Crippen LogP contribution in [0.3, 0.4) is 0 Å². The minimum Gasteiger partial charge on any atom is -0.456 e. The van der Waals surface area contributed by atoms with Crippen LogP contribution in [0.15, 0.2) is 162 Å². The van der Waals surface area contributed by atoms with Crippen molar-refractivity contribution < 1.29 is 4.42 Å². The van der Waals surface area contributed by atoms with Crippen molar-refractivity contribution in [2.24, 2.45) is 0 Å². The molecule has 2 aromatic heterocycles. The number of aryl methyl sites for hydroxylation is 1. The zero-order valence-electron chi connectivity index (χ0n) is 27.8. The number of nitrogens with zero attached hydrogens (tertiary/aromatic N) is 3. The lowest BCUT2D eigenvalue weighted by molar-refractivity contribution is 0.669. The lowest BCUT2D eigenvalue weighted by atomic mass is 9.91. The van der Waals surface area contributed by atoms with Crippen LogP contribution in [0, 0.1) is 0 Å². The first kappa shape index (κ1) is 29.3. The van der Waals surface area contributed by atoms with E-state index in [9.17, 15) is 0 Å². The maximum Gasteiger partial charge on any atom is 0.164 e. The number of furan rings is 1. The maximum absolute atomic E-state index is 6.40. The highest BCUT2D eigenvalue weighted by atomic mass is 16.3. The average molecular weight is 654 g/mol. The predicted molar refractivity (Wildman–Crippen MR) is 209 cm³/mol. The standard InChI is InChI=1S/C47H31N3O/c1-3-11-30(12-4-1)37-28-41(44-40-17-9-10-18-42(40)51-43(44)29-37)32-19-22-34(23-20-32)46-48-45(33-14-5-2-6-15-33)49-47(50-46)36-25-26-39-35(27-36)24-21-31-13-7-8-16-38(31)39/h1-6,8-12,14-29H,7,13H2. The molecule has 0 fully saturated rings. The van der Waals surface area contributed by atoms with Gasteiger partial charge in [-0.3, -0.25) is 0 Å². The number of aromatic nitrogens is 3. The highest BCUT2D eigenvalue weighted by molar-refractivity contribution is 6.13. The molecule has 7 aromatic carbocycles. The lowest BCUT2D eigenvalue weighted by Crippen LogP contribution is -2.00. The van der Waals surface area contributed by atoms with Crippen LogP contribution in [0.25, 0.3) is 95.2 Å². The largest absolute Gasteiger partial charge is 0.456 e. The summed E-state index contributed by atoms with van der Waals surface area (Å²) in [6.45, 7) is 0. The molecule has 51 heavy (non-hydrogen) atoms. The number of benzene rings is 7. The van der Waals surface area contributed by atoms with Gasteiger partial charge >= 0.3 is 0 Å². The maximum atomic E-state index is 6.40. The van der Waals surface area contributed by atoms with Gasteiger partial charge in [-0.2, -0.15) is 0 Å². The van der Waals surface area contributed by atoms with Crippen molar-refractivity contribution in [3.05, 3.63) is 169 Å². The summed E-state index contributed by atoms with van der Waals surface area (Å²) < 4.78 is 6.40. The summed E-state index contributed by atoms with van der Waals surface area (Å²) in [5, 5.41) is 4.66. The summed E-state index contributed by atoms with van der Waals surface area (Å²) in [5.74, 6) is 1.94. The first-order chi connectivity index (χ1) is 25.2. The van der Waals surface area contributed by atoms with Gasteiger partial charge < -0.3 is 4.42 Å². The molecule has 0 N–H and O–H groups in total.